The zero-order chi connectivity index (χ0) is 18.3. The van der Waals surface area contributed by atoms with Crippen molar-refractivity contribution in [2.24, 2.45) is 0 Å². The molecule has 2 rings (SSSR count). The van der Waals surface area contributed by atoms with Gasteiger partial charge in [-0.3, -0.25) is 0 Å². The third-order valence-corrected chi connectivity index (χ3v) is 5.32. The van der Waals surface area contributed by atoms with Crippen LogP contribution in [0.4, 0.5) is 0 Å². The van der Waals surface area contributed by atoms with Gasteiger partial charge in [0.25, 0.3) is 0 Å². The second-order valence-electron chi connectivity index (χ2n) is 7.75. The highest BCUT2D eigenvalue weighted by Gasteiger charge is 1.96. The van der Waals surface area contributed by atoms with Crippen molar-refractivity contribution in [1.29, 1.82) is 0 Å². The summed E-state index contributed by atoms with van der Waals surface area (Å²) < 4.78 is 0. The van der Waals surface area contributed by atoms with Gasteiger partial charge in [0.05, 0.1) is 0 Å². The smallest absolute Gasteiger partial charge is 0.0458 e. The maximum Gasteiger partial charge on any atom is 0.0458 e. The summed E-state index contributed by atoms with van der Waals surface area (Å²) in [6, 6.07) is 10.7. The van der Waals surface area contributed by atoms with Gasteiger partial charge in [0, 0.05) is 11.2 Å². The Morgan fingerprint density at radius 3 is 1.92 bits per heavy atom. The summed E-state index contributed by atoms with van der Waals surface area (Å²) >= 11 is 0. The van der Waals surface area contributed by atoms with Crippen LogP contribution in [0.15, 0.2) is 36.4 Å². The van der Waals surface area contributed by atoms with Crippen molar-refractivity contribution in [2.75, 3.05) is 0 Å². The molecule has 1 aromatic carbocycles. The van der Waals surface area contributed by atoms with Crippen LogP contribution in [0.1, 0.15) is 103 Å². The number of H-pyrrole nitrogens is 1. The molecule has 26 heavy (non-hydrogen) atoms. The van der Waals surface area contributed by atoms with Gasteiger partial charge in [0.15, 0.2) is 0 Å². The van der Waals surface area contributed by atoms with Gasteiger partial charge >= 0.3 is 0 Å². The van der Waals surface area contributed by atoms with Crippen molar-refractivity contribution in [3.8, 4) is 0 Å². The van der Waals surface area contributed by atoms with Crippen molar-refractivity contribution in [3.05, 3.63) is 42.1 Å². The number of para-hydroxylation sites is 1. The minimum Gasteiger partial charge on any atom is -0.355 e. The minimum atomic E-state index is 1.20. The zero-order valence-corrected chi connectivity index (χ0v) is 16.9. The number of aromatic nitrogens is 1. The lowest BCUT2D eigenvalue weighted by molar-refractivity contribution is 0.540. The van der Waals surface area contributed by atoms with Crippen LogP contribution in [0, 0.1) is 0 Å². The van der Waals surface area contributed by atoms with Crippen molar-refractivity contribution < 1.29 is 0 Å². The Morgan fingerprint density at radius 2 is 1.31 bits per heavy atom. The van der Waals surface area contributed by atoms with Gasteiger partial charge < -0.3 is 4.98 Å². The largest absolute Gasteiger partial charge is 0.355 e. The molecule has 0 saturated carbocycles. The summed E-state index contributed by atoms with van der Waals surface area (Å²) in [4.78, 5) is 3.46. The van der Waals surface area contributed by atoms with Crippen molar-refractivity contribution in [3.63, 3.8) is 0 Å². The molecule has 0 spiro atoms. The number of aromatic amines is 1. The SMILES string of the molecule is CCCCCCCCCCCCCCCC=Cc1cc2ccccc2[nH]1. The van der Waals surface area contributed by atoms with Crippen LogP contribution in [-0.4, -0.2) is 4.98 Å². The lowest BCUT2D eigenvalue weighted by Gasteiger charge is -2.02. The minimum absolute atomic E-state index is 1.20. The van der Waals surface area contributed by atoms with E-state index < -0.39 is 0 Å². The molecule has 0 aliphatic rings. The molecule has 0 fully saturated rings. The summed E-state index contributed by atoms with van der Waals surface area (Å²) in [6.07, 6.45) is 24.3. The highest BCUT2D eigenvalue weighted by atomic mass is 14.7. The van der Waals surface area contributed by atoms with Crippen LogP contribution in [0.5, 0.6) is 0 Å². The summed E-state index contributed by atoms with van der Waals surface area (Å²) in [5, 5.41) is 1.30. The van der Waals surface area contributed by atoms with Gasteiger partial charge in [-0.1, -0.05) is 108 Å². The first kappa shape index (κ1) is 20.8. The maximum absolute atomic E-state index is 3.46. The van der Waals surface area contributed by atoms with Gasteiger partial charge in [0.1, 0.15) is 0 Å². The molecule has 1 nitrogen and oxygen atoms in total. The fourth-order valence-corrected chi connectivity index (χ4v) is 3.68. The summed E-state index contributed by atoms with van der Waals surface area (Å²) in [6.45, 7) is 2.29. The first-order valence-electron chi connectivity index (χ1n) is 11.1. The normalized spacial score (nSPS) is 11.7. The van der Waals surface area contributed by atoms with E-state index in [0.717, 1.165) is 0 Å². The van der Waals surface area contributed by atoms with Gasteiger partial charge in [-0.05, 0) is 36.4 Å². The van der Waals surface area contributed by atoms with Crippen molar-refractivity contribution in [2.45, 2.75) is 96.8 Å². The van der Waals surface area contributed by atoms with E-state index in [4.69, 9.17) is 0 Å². The van der Waals surface area contributed by atoms with Crippen LogP contribution >= 0.6 is 0 Å². The predicted molar refractivity (Wildman–Crippen MR) is 118 cm³/mol. The van der Waals surface area contributed by atoms with Crippen LogP contribution in [0.25, 0.3) is 17.0 Å². The molecule has 0 radical (unpaired) electrons. The average Bonchev–Trinajstić information content (AvgIpc) is 3.07. The lowest BCUT2D eigenvalue weighted by Crippen LogP contribution is -1.82. The van der Waals surface area contributed by atoms with E-state index in [-0.39, 0.29) is 0 Å². The summed E-state index contributed by atoms with van der Waals surface area (Å²) in [7, 11) is 0. The topological polar surface area (TPSA) is 15.8 Å². The van der Waals surface area contributed by atoms with Gasteiger partial charge in [-0.25, -0.2) is 0 Å². The number of fused-ring (bicyclic) bond motifs is 1. The van der Waals surface area contributed by atoms with E-state index in [1.54, 1.807) is 0 Å². The predicted octanol–water partition coefficient (Wildman–Crippen LogP) is 8.66. The molecule has 0 atom stereocenters. The Morgan fingerprint density at radius 1 is 0.731 bits per heavy atom. The summed E-state index contributed by atoms with van der Waals surface area (Å²) in [5.74, 6) is 0. The highest BCUT2D eigenvalue weighted by Crippen LogP contribution is 2.16. The van der Waals surface area contributed by atoms with E-state index >= 15 is 0 Å². The molecule has 1 heteroatoms. The average molecular weight is 354 g/mol. The fraction of sp³-hybridized carbons (Fsp3) is 0.600. The number of rotatable bonds is 15. The summed E-state index contributed by atoms with van der Waals surface area (Å²) in [5.41, 5.74) is 2.45. The molecule has 0 bridgehead atoms. The number of unbranched alkanes of at least 4 members (excludes halogenated alkanes) is 13. The second kappa shape index (κ2) is 13.7. The molecule has 0 amide bonds. The van der Waals surface area contributed by atoms with Crippen LogP contribution in [0.2, 0.25) is 0 Å². The number of allylic oxidation sites excluding steroid dienone is 1. The number of benzene rings is 1. The van der Waals surface area contributed by atoms with Crippen LogP contribution in [-0.2, 0) is 0 Å². The number of hydrogen-bond donors (Lipinski definition) is 1. The molecule has 1 aromatic heterocycles. The monoisotopic (exact) mass is 353 g/mol. The Balaban J connectivity index is 1.39. The molecule has 1 heterocycles. The van der Waals surface area contributed by atoms with Gasteiger partial charge in [-0.15, -0.1) is 0 Å². The molecule has 2 aromatic rings. The first-order valence-corrected chi connectivity index (χ1v) is 11.1. The van der Waals surface area contributed by atoms with E-state index in [1.165, 1.54) is 106 Å². The molecular formula is C25H39N. The number of hydrogen-bond acceptors (Lipinski definition) is 0. The molecule has 1 N–H and O–H groups in total. The molecule has 0 aliphatic carbocycles. The quantitative estimate of drug-likeness (QED) is 0.308. The molecule has 0 aliphatic heterocycles. The highest BCUT2D eigenvalue weighted by molar-refractivity contribution is 5.82. The zero-order valence-electron chi connectivity index (χ0n) is 16.9. The lowest BCUT2D eigenvalue weighted by atomic mass is 10.0. The van der Waals surface area contributed by atoms with Crippen LogP contribution < -0.4 is 0 Å². The molecule has 144 valence electrons. The Labute approximate surface area is 161 Å². The van der Waals surface area contributed by atoms with Crippen molar-refractivity contribution in [1.82, 2.24) is 4.98 Å². The fourth-order valence-electron chi connectivity index (χ4n) is 3.68. The Bertz CT molecular complexity index is 574. The van der Waals surface area contributed by atoms with E-state index in [1.807, 2.05) is 0 Å². The third-order valence-electron chi connectivity index (χ3n) is 5.32. The van der Waals surface area contributed by atoms with E-state index in [9.17, 15) is 0 Å². The Kier molecular flexibility index (Phi) is 10.9. The Hall–Kier alpha value is -1.50. The standard InChI is InChI=1S/C25H39N/c1-2-3-4-5-6-7-8-9-10-11-12-13-14-15-16-20-24-22-23-19-17-18-21-25(23)26-24/h16-22,26H,2-15H2,1H3. The molecule has 0 saturated heterocycles. The molecule has 0 unspecified atom stereocenters. The van der Waals surface area contributed by atoms with Gasteiger partial charge in [-0.2, -0.15) is 0 Å². The third kappa shape index (κ3) is 8.74. The maximum atomic E-state index is 3.46. The van der Waals surface area contributed by atoms with E-state index in [2.05, 4.69) is 54.4 Å². The van der Waals surface area contributed by atoms with Crippen LogP contribution in [0.3, 0.4) is 0 Å². The number of nitrogens with one attached hydrogen (secondary N) is 1. The second-order valence-corrected chi connectivity index (χ2v) is 7.75. The van der Waals surface area contributed by atoms with Crippen molar-refractivity contribution >= 4 is 17.0 Å². The molecular weight excluding hydrogens is 314 g/mol. The van der Waals surface area contributed by atoms with E-state index in [0.29, 0.717) is 0 Å². The van der Waals surface area contributed by atoms with Gasteiger partial charge in [0.2, 0.25) is 0 Å². The first-order chi connectivity index (χ1) is 12.9.